The largest absolute Gasteiger partial charge is 0.459 e. The molecule has 5 nitrogen and oxygen atoms in total. The normalized spacial score (nSPS) is 28.2. The van der Waals surface area contributed by atoms with Gasteiger partial charge in [-0.05, 0) is 18.9 Å². The van der Waals surface area contributed by atoms with Crippen LogP contribution in [0.2, 0.25) is 0 Å². The number of carbonyl (C=O) groups is 2. The summed E-state index contributed by atoms with van der Waals surface area (Å²) in [6.45, 7) is 6.91. The fourth-order valence-electron chi connectivity index (χ4n) is 2.43. The molecule has 1 amide bonds. The number of ether oxygens (including phenoxy) is 2. The van der Waals surface area contributed by atoms with Crippen molar-refractivity contribution < 1.29 is 19.1 Å². The molecule has 0 aromatic heterocycles. The van der Waals surface area contributed by atoms with Crippen LogP contribution in [0.25, 0.3) is 0 Å². The summed E-state index contributed by atoms with van der Waals surface area (Å²) in [5.41, 5.74) is 0. The molecule has 22 heavy (non-hydrogen) atoms. The van der Waals surface area contributed by atoms with Crippen molar-refractivity contribution in [3.8, 4) is 0 Å². The van der Waals surface area contributed by atoms with Crippen LogP contribution in [0.1, 0.15) is 40.5 Å². The Hall–Kier alpha value is -0.400. The van der Waals surface area contributed by atoms with Crippen LogP contribution in [-0.4, -0.2) is 41.1 Å². The van der Waals surface area contributed by atoms with E-state index in [2.05, 4.69) is 51.0 Å². The molecule has 0 saturated heterocycles. The van der Waals surface area contributed by atoms with Crippen molar-refractivity contribution in [3.05, 3.63) is 10.6 Å². The molecule has 0 bridgehead atoms. The first-order valence-corrected chi connectivity index (χ1v) is 9.12. The van der Waals surface area contributed by atoms with Gasteiger partial charge in [0.2, 0.25) is 5.91 Å². The monoisotopic (exact) mass is 439 g/mol. The second kappa shape index (κ2) is 9.03. The van der Waals surface area contributed by atoms with E-state index < -0.39 is 18.1 Å². The first-order valence-electron chi connectivity index (χ1n) is 7.41. The first-order chi connectivity index (χ1) is 10.3. The summed E-state index contributed by atoms with van der Waals surface area (Å²) in [5.74, 6) is -0.584. The highest BCUT2D eigenvalue weighted by molar-refractivity contribution is 9.14. The highest BCUT2D eigenvalue weighted by atomic mass is 79.9. The Morgan fingerprint density at radius 1 is 1.32 bits per heavy atom. The van der Waals surface area contributed by atoms with E-state index in [4.69, 9.17) is 9.47 Å². The lowest BCUT2D eigenvalue weighted by Crippen LogP contribution is -2.57. The van der Waals surface area contributed by atoms with Crippen molar-refractivity contribution in [2.45, 2.75) is 69.7 Å². The molecule has 1 rings (SSSR count). The molecule has 0 fully saturated rings. The molecule has 0 heterocycles. The van der Waals surface area contributed by atoms with Crippen LogP contribution < -0.4 is 5.32 Å². The Bertz CT molecular complexity index is 437. The van der Waals surface area contributed by atoms with Crippen molar-refractivity contribution >= 4 is 43.7 Å². The minimum atomic E-state index is -0.542. The van der Waals surface area contributed by atoms with Crippen LogP contribution in [-0.2, 0) is 19.1 Å². The summed E-state index contributed by atoms with van der Waals surface area (Å²) in [5, 5.41) is 2.86. The number of halogens is 2. The number of alkyl halides is 1. The molecule has 0 aromatic rings. The van der Waals surface area contributed by atoms with Gasteiger partial charge in [0.05, 0.1) is 17.0 Å². The number of amides is 1. The van der Waals surface area contributed by atoms with Crippen LogP contribution in [0.5, 0.6) is 0 Å². The molecule has 1 aliphatic rings. The van der Waals surface area contributed by atoms with Gasteiger partial charge in [0.15, 0.2) is 0 Å². The first kappa shape index (κ1) is 19.6. The lowest BCUT2D eigenvalue weighted by molar-refractivity contribution is -0.151. The van der Waals surface area contributed by atoms with Gasteiger partial charge in [-0.3, -0.25) is 9.59 Å². The number of nitrogens with one attached hydrogen (secondary N) is 1. The average Bonchev–Trinajstić information content (AvgIpc) is 2.44. The number of carbonyl (C=O) groups excluding carboxylic acids is 2. The van der Waals surface area contributed by atoms with Crippen LogP contribution in [0.15, 0.2) is 10.6 Å². The summed E-state index contributed by atoms with van der Waals surface area (Å²) >= 11 is 6.99. The SMILES string of the molecule is CCC(CC)O[C@@H]1C=C(Br)[C@H](Br)[C@@H](OC(C)=O)[C@H]1NC(C)=O. The molecule has 1 aliphatic carbocycles. The van der Waals surface area contributed by atoms with E-state index in [-0.39, 0.29) is 22.9 Å². The molecule has 0 aliphatic heterocycles. The van der Waals surface area contributed by atoms with Crippen molar-refractivity contribution in [2.75, 3.05) is 0 Å². The summed E-state index contributed by atoms with van der Waals surface area (Å²) in [4.78, 5) is 22.7. The zero-order valence-corrected chi connectivity index (χ0v) is 16.4. The highest BCUT2D eigenvalue weighted by Gasteiger charge is 2.42. The zero-order valence-electron chi connectivity index (χ0n) is 13.3. The highest BCUT2D eigenvalue weighted by Crippen LogP contribution is 2.34. The van der Waals surface area contributed by atoms with Gasteiger partial charge in [0.25, 0.3) is 0 Å². The molecular formula is C15H23Br2NO4. The van der Waals surface area contributed by atoms with E-state index in [9.17, 15) is 9.59 Å². The fraction of sp³-hybridized carbons (Fsp3) is 0.733. The maximum atomic E-state index is 11.5. The predicted octanol–water partition coefficient (Wildman–Crippen LogP) is 3.05. The molecule has 0 saturated carbocycles. The topological polar surface area (TPSA) is 64.6 Å². The van der Waals surface area contributed by atoms with E-state index in [0.29, 0.717) is 0 Å². The third-order valence-electron chi connectivity index (χ3n) is 3.52. The molecule has 0 spiro atoms. The predicted molar refractivity (Wildman–Crippen MR) is 92.1 cm³/mol. The maximum Gasteiger partial charge on any atom is 0.303 e. The van der Waals surface area contributed by atoms with Gasteiger partial charge in [0, 0.05) is 18.3 Å². The van der Waals surface area contributed by atoms with Crippen LogP contribution in [0.4, 0.5) is 0 Å². The number of esters is 1. The quantitative estimate of drug-likeness (QED) is 0.509. The zero-order chi connectivity index (χ0) is 16.9. The van der Waals surface area contributed by atoms with Crippen molar-refractivity contribution in [2.24, 2.45) is 0 Å². The fourth-order valence-corrected chi connectivity index (χ4v) is 3.54. The molecule has 0 aromatic carbocycles. The van der Waals surface area contributed by atoms with Crippen molar-refractivity contribution in [1.29, 1.82) is 0 Å². The van der Waals surface area contributed by atoms with Crippen LogP contribution >= 0.6 is 31.9 Å². The van der Waals surface area contributed by atoms with E-state index in [1.54, 1.807) is 0 Å². The number of hydrogen-bond acceptors (Lipinski definition) is 4. The van der Waals surface area contributed by atoms with Gasteiger partial charge in [-0.1, -0.05) is 45.7 Å². The maximum absolute atomic E-state index is 11.5. The van der Waals surface area contributed by atoms with Crippen molar-refractivity contribution in [3.63, 3.8) is 0 Å². The second-order valence-corrected chi connectivity index (χ2v) is 7.20. The second-order valence-electron chi connectivity index (χ2n) is 5.29. The molecule has 0 radical (unpaired) electrons. The molecule has 126 valence electrons. The standard InChI is InChI=1S/C15H23Br2NO4/c1-5-10(6-2)22-12-7-11(16)13(17)15(21-9(4)20)14(12)18-8(3)19/h7,10,12-15H,5-6H2,1-4H3,(H,18,19)/t12-,13+,14+,15-/m1/s1. The Balaban J connectivity index is 3.07. The molecule has 1 N–H and O–H groups in total. The number of hydrogen-bond donors (Lipinski definition) is 1. The van der Waals surface area contributed by atoms with Gasteiger partial charge in [0.1, 0.15) is 12.2 Å². The van der Waals surface area contributed by atoms with Crippen LogP contribution in [0, 0.1) is 0 Å². The number of rotatable bonds is 6. The van der Waals surface area contributed by atoms with Gasteiger partial charge < -0.3 is 14.8 Å². The summed E-state index contributed by atoms with van der Waals surface area (Å²) in [7, 11) is 0. The Morgan fingerprint density at radius 3 is 2.36 bits per heavy atom. The lowest BCUT2D eigenvalue weighted by atomic mass is 9.94. The smallest absolute Gasteiger partial charge is 0.303 e. The van der Waals surface area contributed by atoms with Gasteiger partial charge in [-0.25, -0.2) is 0 Å². The third-order valence-corrected chi connectivity index (χ3v) is 5.90. The van der Waals surface area contributed by atoms with E-state index in [1.165, 1.54) is 13.8 Å². The lowest BCUT2D eigenvalue weighted by Gasteiger charge is -2.39. The van der Waals surface area contributed by atoms with Gasteiger partial charge in [-0.2, -0.15) is 0 Å². The third kappa shape index (κ3) is 5.35. The van der Waals surface area contributed by atoms with Crippen molar-refractivity contribution in [1.82, 2.24) is 5.32 Å². The summed E-state index contributed by atoms with van der Waals surface area (Å²) in [6.07, 6.45) is 2.85. The molecule has 4 atom stereocenters. The van der Waals surface area contributed by atoms with E-state index in [0.717, 1.165) is 17.3 Å². The van der Waals surface area contributed by atoms with E-state index >= 15 is 0 Å². The van der Waals surface area contributed by atoms with E-state index in [1.807, 2.05) is 6.08 Å². The molecule has 0 unspecified atom stereocenters. The average molecular weight is 441 g/mol. The minimum Gasteiger partial charge on any atom is -0.459 e. The minimum absolute atomic E-state index is 0.0858. The Labute approximate surface area is 148 Å². The summed E-state index contributed by atoms with van der Waals surface area (Å²) < 4.78 is 12.4. The van der Waals surface area contributed by atoms with Gasteiger partial charge >= 0.3 is 5.97 Å². The molecule has 7 heteroatoms. The molecular weight excluding hydrogens is 418 g/mol. The summed E-state index contributed by atoms with van der Waals surface area (Å²) in [6, 6.07) is -0.437. The Kier molecular flexibility index (Phi) is 8.07. The van der Waals surface area contributed by atoms with Gasteiger partial charge in [-0.15, -0.1) is 0 Å². The van der Waals surface area contributed by atoms with Crippen LogP contribution in [0.3, 0.4) is 0 Å². The Morgan fingerprint density at radius 2 is 1.91 bits per heavy atom.